The van der Waals surface area contributed by atoms with E-state index < -0.39 is 5.60 Å². The Hall–Kier alpha value is -1.33. The summed E-state index contributed by atoms with van der Waals surface area (Å²) in [5.74, 6) is 0.174. The number of rotatable bonds is 4. The second kappa shape index (κ2) is 6.20. The van der Waals surface area contributed by atoms with Crippen molar-refractivity contribution in [2.75, 3.05) is 13.2 Å². The standard InChI is InChI=1S/C15H21ClN2O3/c1-4-21-13-11(16)8-10(9-17-13)14(19)18-7-5-6-12(18)15(2,3)20/h8-9,12,20H,4-7H2,1-3H3. The number of hydrogen-bond donors (Lipinski definition) is 1. The van der Waals surface area contributed by atoms with E-state index >= 15 is 0 Å². The van der Waals surface area contributed by atoms with Gasteiger partial charge in [0, 0.05) is 12.7 Å². The van der Waals surface area contributed by atoms with Crippen LogP contribution < -0.4 is 4.74 Å². The molecule has 0 radical (unpaired) electrons. The molecule has 1 saturated heterocycles. The fraction of sp³-hybridized carbons (Fsp3) is 0.600. The van der Waals surface area contributed by atoms with Gasteiger partial charge in [-0.25, -0.2) is 4.98 Å². The highest BCUT2D eigenvalue weighted by Crippen LogP contribution is 2.29. The third-order valence-corrected chi connectivity index (χ3v) is 3.94. The van der Waals surface area contributed by atoms with Crippen molar-refractivity contribution in [1.29, 1.82) is 0 Å². The van der Waals surface area contributed by atoms with E-state index in [-0.39, 0.29) is 11.9 Å². The number of nitrogens with zero attached hydrogens (tertiary/aromatic N) is 2. The van der Waals surface area contributed by atoms with Crippen molar-refractivity contribution in [3.63, 3.8) is 0 Å². The molecule has 0 saturated carbocycles. The summed E-state index contributed by atoms with van der Waals surface area (Å²) in [7, 11) is 0. The lowest BCUT2D eigenvalue weighted by Gasteiger charge is -2.33. The minimum Gasteiger partial charge on any atom is -0.477 e. The second-order valence-corrected chi connectivity index (χ2v) is 6.16. The lowest BCUT2D eigenvalue weighted by molar-refractivity contribution is 0.000315. The number of amides is 1. The first-order valence-electron chi connectivity index (χ1n) is 7.16. The summed E-state index contributed by atoms with van der Waals surface area (Å²) in [5.41, 5.74) is -0.506. The fourth-order valence-electron chi connectivity index (χ4n) is 2.70. The number of likely N-dealkylation sites (tertiary alicyclic amines) is 1. The molecular formula is C15H21ClN2O3. The number of ether oxygens (including phenoxy) is 1. The Morgan fingerprint density at radius 1 is 1.62 bits per heavy atom. The van der Waals surface area contributed by atoms with Crippen LogP contribution in [-0.2, 0) is 0 Å². The molecule has 1 aliphatic rings. The number of aliphatic hydroxyl groups is 1. The molecule has 6 heteroatoms. The number of carbonyl (C=O) groups is 1. The van der Waals surface area contributed by atoms with E-state index in [4.69, 9.17) is 16.3 Å². The molecule has 5 nitrogen and oxygen atoms in total. The molecule has 1 aliphatic heterocycles. The van der Waals surface area contributed by atoms with E-state index in [9.17, 15) is 9.90 Å². The first-order valence-corrected chi connectivity index (χ1v) is 7.54. The Morgan fingerprint density at radius 2 is 2.33 bits per heavy atom. The minimum atomic E-state index is -0.922. The largest absolute Gasteiger partial charge is 0.477 e. The summed E-state index contributed by atoms with van der Waals surface area (Å²) in [6, 6.07) is 1.39. The molecular weight excluding hydrogens is 292 g/mol. The Labute approximate surface area is 129 Å². The van der Waals surface area contributed by atoms with Gasteiger partial charge in [0.15, 0.2) is 0 Å². The van der Waals surface area contributed by atoms with Crippen LogP contribution in [0.4, 0.5) is 0 Å². The van der Waals surface area contributed by atoms with Gasteiger partial charge >= 0.3 is 0 Å². The van der Waals surface area contributed by atoms with Crippen LogP contribution >= 0.6 is 11.6 Å². The van der Waals surface area contributed by atoms with Gasteiger partial charge in [0.2, 0.25) is 5.88 Å². The van der Waals surface area contributed by atoms with Gasteiger partial charge in [0.1, 0.15) is 5.02 Å². The average molecular weight is 313 g/mol. The summed E-state index contributed by atoms with van der Waals surface area (Å²) >= 11 is 6.08. The average Bonchev–Trinajstić information content (AvgIpc) is 2.89. The van der Waals surface area contributed by atoms with E-state index in [1.807, 2.05) is 6.92 Å². The van der Waals surface area contributed by atoms with E-state index in [1.165, 1.54) is 6.20 Å². The molecule has 1 amide bonds. The summed E-state index contributed by atoms with van der Waals surface area (Å²) in [5, 5.41) is 10.5. The van der Waals surface area contributed by atoms with Crippen LogP contribution in [0.1, 0.15) is 44.0 Å². The van der Waals surface area contributed by atoms with E-state index in [2.05, 4.69) is 4.98 Å². The molecule has 21 heavy (non-hydrogen) atoms. The molecule has 1 atom stereocenters. The second-order valence-electron chi connectivity index (χ2n) is 5.75. The summed E-state index contributed by atoms with van der Waals surface area (Å²) < 4.78 is 5.26. The maximum atomic E-state index is 12.6. The predicted octanol–water partition coefficient (Wildman–Crippen LogP) is 2.51. The first kappa shape index (κ1) is 16.0. The molecule has 0 bridgehead atoms. The van der Waals surface area contributed by atoms with Crippen molar-refractivity contribution >= 4 is 17.5 Å². The SMILES string of the molecule is CCOc1ncc(C(=O)N2CCCC2C(C)(C)O)cc1Cl. The molecule has 116 valence electrons. The maximum absolute atomic E-state index is 12.6. The van der Waals surface area contributed by atoms with E-state index in [0.717, 1.165) is 12.8 Å². The lowest BCUT2D eigenvalue weighted by Crippen LogP contribution is -2.48. The van der Waals surface area contributed by atoms with Gasteiger partial charge in [0.05, 0.1) is 23.8 Å². The number of halogens is 1. The number of carbonyl (C=O) groups excluding carboxylic acids is 1. The molecule has 1 N–H and O–H groups in total. The summed E-state index contributed by atoms with van der Waals surface area (Å²) in [6.45, 7) is 6.40. The van der Waals surface area contributed by atoms with Crippen LogP contribution in [0.15, 0.2) is 12.3 Å². The monoisotopic (exact) mass is 312 g/mol. The first-order chi connectivity index (χ1) is 9.84. The third kappa shape index (κ3) is 3.47. The van der Waals surface area contributed by atoms with Crippen LogP contribution in [0, 0.1) is 0 Å². The van der Waals surface area contributed by atoms with Crippen LogP contribution in [0.5, 0.6) is 5.88 Å². The van der Waals surface area contributed by atoms with Crippen molar-refractivity contribution < 1.29 is 14.6 Å². The molecule has 0 aromatic carbocycles. The van der Waals surface area contributed by atoms with E-state index in [1.54, 1.807) is 24.8 Å². The lowest BCUT2D eigenvalue weighted by atomic mass is 9.96. The van der Waals surface area contributed by atoms with Gasteiger partial charge in [-0.15, -0.1) is 0 Å². The molecule has 1 unspecified atom stereocenters. The van der Waals surface area contributed by atoms with Crippen molar-refractivity contribution in [3.8, 4) is 5.88 Å². The number of hydrogen-bond acceptors (Lipinski definition) is 4. The molecule has 0 aliphatic carbocycles. The highest BCUT2D eigenvalue weighted by molar-refractivity contribution is 6.32. The van der Waals surface area contributed by atoms with Crippen LogP contribution in [0.25, 0.3) is 0 Å². The third-order valence-electron chi connectivity index (χ3n) is 3.66. The van der Waals surface area contributed by atoms with Crippen molar-refractivity contribution in [3.05, 3.63) is 22.8 Å². The zero-order valence-corrected chi connectivity index (χ0v) is 13.4. The Bertz CT molecular complexity index is 528. The Morgan fingerprint density at radius 3 is 2.90 bits per heavy atom. The van der Waals surface area contributed by atoms with Crippen molar-refractivity contribution in [1.82, 2.24) is 9.88 Å². The Balaban J connectivity index is 2.22. The van der Waals surface area contributed by atoms with Crippen molar-refractivity contribution in [2.24, 2.45) is 0 Å². The van der Waals surface area contributed by atoms with Gasteiger partial charge in [-0.2, -0.15) is 0 Å². The number of pyridine rings is 1. The molecule has 2 rings (SSSR count). The van der Waals surface area contributed by atoms with Crippen LogP contribution in [0.2, 0.25) is 5.02 Å². The summed E-state index contributed by atoms with van der Waals surface area (Å²) in [6.07, 6.45) is 3.16. The van der Waals surface area contributed by atoms with Crippen LogP contribution in [0.3, 0.4) is 0 Å². The van der Waals surface area contributed by atoms with Gasteiger partial charge in [-0.05, 0) is 39.7 Å². The maximum Gasteiger partial charge on any atom is 0.255 e. The van der Waals surface area contributed by atoms with Gasteiger partial charge in [-0.1, -0.05) is 11.6 Å². The van der Waals surface area contributed by atoms with E-state index in [0.29, 0.717) is 29.6 Å². The normalized spacial score (nSPS) is 18.9. The Kier molecular flexibility index (Phi) is 4.74. The fourth-order valence-corrected chi connectivity index (χ4v) is 2.92. The zero-order chi connectivity index (χ0) is 15.6. The smallest absolute Gasteiger partial charge is 0.255 e. The predicted molar refractivity (Wildman–Crippen MR) is 80.8 cm³/mol. The quantitative estimate of drug-likeness (QED) is 0.928. The highest BCUT2D eigenvalue weighted by Gasteiger charge is 2.38. The van der Waals surface area contributed by atoms with Gasteiger partial charge in [-0.3, -0.25) is 4.79 Å². The number of aromatic nitrogens is 1. The molecule has 1 fully saturated rings. The molecule has 1 aromatic heterocycles. The highest BCUT2D eigenvalue weighted by atomic mass is 35.5. The minimum absolute atomic E-state index is 0.155. The zero-order valence-electron chi connectivity index (χ0n) is 12.6. The van der Waals surface area contributed by atoms with Crippen molar-refractivity contribution in [2.45, 2.75) is 45.3 Å². The molecule has 2 heterocycles. The van der Waals surface area contributed by atoms with Gasteiger partial charge < -0.3 is 14.7 Å². The summed E-state index contributed by atoms with van der Waals surface area (Å²) in [4.78, 5) is 18.4. The van der Waals surface area contributed by atoms with Crippen LogP contribution in [-0.4, -0.2) is 45.7 Å². The van der Waals surface area contributed by atoms with Gasteiger partial charge in [0.25, 0.3) is 5.91 Å². The molecule has 0 spiro atoms. The molecule has 1 aromatic rings. The topological polar surface area (TPSA) is 62.7 Å².